The summed E-state index contributed by atoms with van der Waals surface area (Å²) in [6.45, 7) is 1.90. The van der Waals surface area contributed by atoms with E-state index in [2.05, 4.69) is 4.90 Å². The molecule has 0 aliphatic rings. The third-order valence-corrected chi connectivity index (χ3v) is 5.14. The summed E-state index contributed by atoms with van der Waals surface area (Å²) in [4.78, 5) is 2.50. The van der Waals surface area contributed by atoms with Gasteiger partial charge in [0.25, 0.3) is 0 Å². The summed E-state index contributed by atoms with van der Waals surface area (Å²) >= 11 is 0. The van der Waals surface area contributed by atoms with Gasteiger partial charge >= 0.3 is 0 Å². The summed E-state index contributed by atoms with van der Waals surface area (Å²) in [6.07, 6.45) is 2.88. The average molecular weight is 314 g/mol. The molecule has 0 aromatic heterocycles. The topological polar surface area (TPSA) is 60.9 Å². The highest BCUT2D eigenvalue weighted by molar-refractivity contribution is 7.89. The van der Waals surface area contributed by atoms with Crippen molar-refractivity contribution in [1.82, 2.24) is 9.21 Å². The van der Waals surface area contributed by atoms with E-state index in [1.165, 1.54) is 18.4 Å². The first-order valence-electron chi connectivity index (χ1n) is 7.19. The van der Waals surface area contributed by atoms with Gasteiger partial charge in [-0.25, -0.2) is 12.7 Å². The number of aliphatic hydroxyl groups is 1. The van der Waals surface area contributed by atoms with Gasteiger partial charge in [0, 0.05) is 27.2 Å². The molecule has 5 nitrogen and oxygen atoms in total. The molecule has 120 valence electrons. The molecular formula is C15H26N2O3S. The van der Waals surface area contributed by atoms with Crippen molar-refractivity contribution < 1.29 is 13.5 Å². The highest BCUT2D eigenvalue weighted by Crippen LogP contribution is 2.16. The van der Waals surface area contributed by atoms with Crippen LogP contribution in [-0.4, -0.2) is 57.0 Å². The highest BCUT2D eigenvalue weighted by Gasteiger charge is 2.17. The van der Waals surface area contributed by atoms with Crippen molar-refractivity contribution in [1.29, 1.82) is 0 Å². The minimum absolute atomic E-state index is 0.244. The molecule has 1 aromatic rings. The van der Waals surface area contributed by atoms with Crippen LogP contribution >= 0.6 is 0 Å². The Morgan fingerprint density at radius 2 is 1.81 bits per heavy atom. The van der Waals surface area contributed by atoms with E-state index in [-0.39, 0.29) is 6.61 Å². The lowest BCUT2D eigenvalue weighted by atomic mass is 10.2. The van der Waals surface area contributed by atoms with Crippen molar-refractivity contribution in [3.05, 3.63) is 29.8 Å². The van der Waals surface area contributed by atoms with Gasteiger partial charge in [-0.3, -0.25) is 0 Å². The van der Waals surface area contributed by atoms with Crippen LogP contribution in [0.3, 0.4) is 0 Å². The molecule has 1 aromatic carbocycles. The molecule has 0 saturated carbocycles. The molecule has 0 fully saturated rings. The van der Waals surface area contributed by atoms with Crippen molar-refractivity contribution in [3.8, 4) is 0 Å². The van der Waals surface area contributed by atoms with Crippen LogP contribution in [0, 0.1) is 0 Å². The van der Waals surface area contributed by atoms with Crippen LogP contribution in [0.25, 0.3) is 0 Å². The molecule has 0 amide bonds. The van der Waals surface area contributed by atoms with E-state index in [1.54, 1.807) is 18.2 Å². The van der Waals surface area contributed by atoms with E-state index >= 15 is 0 Å². The number of rotatable bonds is 9. The molecule has 0 aliphatic carbocycles. The second kappa shape index (κ2) is 8.48. The standard InChI is InChI=1S/C15H26N2O3S/c1-16(2)21(19,20)15-9-7-8-14(12-15)13-17(3)10-5-4-6-11-18/h7-9,12,18H,4-6,10-11,13H2,1-3H3. The first-order valence-corrected chi connectivity index (χ1v) is 8.63. The molecule has 0 radical (unpaired) electrons. The number of sulfonamides is 1. The summed E-state index contributed by atoms with van der Waals surface area (Å²) in [6, 6.07) is 7.09. The van der Waals surface area contributed by atoms with Crippen molar-refractivity contribution in [2.24, 2.45) is 0 Å². The van der Waals surface area contributed by atoms with Gasteiger partial charge in [0.2, 0.25) is 10.0 Å². The van der Waals surface area contributed by atoms with Crippen LogP contribution in [-0.2, 0) is 16.6 Å². The maximum Gasteiger partial charge on any atom is 0.242 e. The van der Waals surface area contributed by atoms with Crippen molar-refractivity contribution in [2.45, 2.75) is 30.7 Å². The Balaban J connectivity index is 2.65. The smallest absolute Gasteiger partial charge is 0.242 e. The lowest BCUT2D eigenvalue weighted by molar-refractivity contribution is 0.271. The molecule has 1 rings (SSSR count). The van der Waals surface area contributed by atoms with Crippen LogP contribution in [0.15, 0.2) is 29.2 Å². The third kappa shape index (κ3) is 5.74. The largest absolute Gasteiger partial charge is 0.396 e. The predicted octanol–water partition coefficient (Wildman–Crippen LogP) is 1.53. The molecule has 0 atom stereocenters. The van der Waals surface area contributed by atoms with E-state index < -0.39 is 10.0 Å². The average Bonchev–Trinajstić information content (AvgIpc) is 2.43. The number of nitrogens with zero attached hydrogens (tertiary/aromatic N) is 2. The fraction of sp³-hybridized carbons (Fsp3) is 0.600. The lowest BCUT2D eigenvalue weighted by Crippen LogP contribution is -2.23. The molecule has 0 spiro atoms. The number of hydrogen-bond acceptors (Lipinski definition) is 4. The first kappa shape index (κ1) is 18.1. The summed E-state index contributed by atoms with van der Waals surface area (Å²) in [5, 5.41) is 8.74. The fourth-order valence-electron chi connectivity index (χ4n) is 2.08. The minimum atomic E-state index is -3.37. The van der Waals surface area contributed by atoms with Crippen LogP contribution < -0.4 is 0 Å². The van der Waals surface area contributed by atoms with Gasteiger partial charge < -0.3 is 10.0 Å². The van der Waals surface area contributed by atoms with Crippen LogP contribution in [0.1, 0.15) is 24.8 Å². The van der Waals surface area contributed by atoms with Crippen molar-refractivity contribution in [2.75, 3.05) is 34.3 Å². The zero-order valence-corrected chi connectivity index (χ0v) is 13.9. The Kier molecular flexibility index (Phi) is 7.31. The normalized spacial score (nSPS) is 12.3. The Morgan fingerprint density at radius 3 is 2.43 bits per heavy atom. The van der Waals surface area contributed by atoms with Gasteiger partial charge in [-0.2, -0.15) is 0 Å². The highest BCUT2D eigenvalue weighted by atomic mass is 32.2. The second-order valence-corrected chi connectivity index (χ2v) is 7.61. The molecule has 0 unspecified atom stereocenters. The minimum Gasteiger partial charge on any atom is -0.396 e. The Hall–Kier alpha value is -0.950. The predicted molar refractivity (Wildman–Crippen MR) is 84.6 cm³/mol. The van der Waals surface area contributed by atoms with E-state index in [1.807, 2.05) is 13.1 Å². The molecular weight excluding hydrogens is 288 g/mol. The number of aliphatic hydroxyl groups excluding tert-OH is 1. The van der Waals surface area contributed by atoms with Gasteiger partial charge in [0.1, 0.15) is 0 Å². The summed E-state index contributed by atoms with van der Waals surface area (Å²) in [7, 11) is 1.72. The van der Waals surface area contributed by atoms with Gasteiger partial charge in [-0.15, -0.1) is 0 Å². The molecule has 0 saturated heterocycles. The quantitative estimate of drug-likeness (QED) is 0.702. The van der Waals surface area contributed by atoms with Gasteiger partial charge in [0.05, 0.1) is 4.90 Å². The molecule has 1 N–H and O–H groups in total. The SMILES string of the molecule is CN(CCCCCO)Cc1cccc(S(=O)(=O)N(C)C)c1. The van der Waals surface area contributed by atoms with Gasteiger partial charge in [-0.1, -0.05) is 12.1 Å². The fourth-order valence-corrected chi connectivity index (χ4v) is 3.05. The van der Waals surface area contributed by atoms with Gasteiger partial charge in [0.15, 0.2) is 0 Å². The number of unbranched alkanes of at least 4 members (excludes halogenated alkanes) is 2. The second-order valence-electron chi connectivity index (χ2n) is 5.46. The molecule has 0 aliphatic heterocycles. The summed E-state index contributed by atoms with van der Waals surface area (Å²) in [5.41, 5.74) is 0.989. The number of hydrogen-bond donors (Lipinski definition) is 1. The first-order chi connectivity index (χ1) is 9.87. The Labute approximate surface area is 128 Å². The Bertz CT molecular complexity index is 529. The maximum atomic E-state index is 12.1. The van der Waals surface area contributed by atoms with Crippen molar-refractivity contribution in [3.63, 3.8) is 0 Å². The summed E-state index contributed by atoms with van der Waals surface area (Å²) < 4.78 is 25.4. The van der Waals surface area contributed by atoms with E-state index in [0.29, 0.717) is 4.90 Å². The van der Waals surface area contributed by atoms with Crippen molar-refractivity contribution >= 4 is 10.0 Å². The third-order valence-electron chi connectivity index (χ3n) is 3.33. The van der Waals surface area contributed by atoms with E-state index in [4.69, 9.17) is 5.11 Å². The van der Waals surface area contributed by atoms with E-state index in [0.717, 1.165) is 37.9 Å². The molecule has 6 heteroatoms. The maximum absolute atomic E-state index is 12.1. The lowest BCUT2D eigenvalue weighted by Gasteiger charge is -2.17. The van der Waals surface area contributed by atoms with Crippen LogP contribution in [0.2, 0.25) is 0 Å². The van der Waals surface area contributed by atoms with Gasteiger partial charge in [-0.05, 0) is 50.6 Å². The summed E-state index contributed by atoms with van der Waals surface area (Å²) in [5.74, 6) is 0. The monoisotopic (exact) mass is 314 g/mol. The zero-order valence-electron chi connectivity index (χ0n) is 13.1. The number of benzene rings is 1. The van der Waals surface area contributed by atoms with Crippen LogP contribution in [0.5, 0.6) is 0 Å². The zero-order chi connectivity index (χ0) is 15.9. The Morgan fingerprint density at radius 1 is 1.10 bits per heavy atom. The van der Waals surface area contributed by atoms with E-state index in [9.17, 15) is 8.42 Å². The molecule has 21 heavy (non-hydrogen) atoms. The molecule has 0 bridgehead atoms. The molecule has 0 heterocycles. The van der Waals surface area contributed by atoms with Crippen LogP contribution in [0.4, 0.5) is 0 Å².